The number of hydrogen-bond acceptors (Lipinski definition) is 3. The van der Waals surface area contributed by atoms with Crippen LogP contribution in [-0.2, 0) is 4.43 Å². The number of hydrogen-bond donors (Lipinski definition) is 0. The summed E-state index contributed by atoms with van der Waals surface area (Å²) < 4.78 is 46.6. The normalized spacial score (nSPS) is 13.5. The van der Waals surface area contributed by atoms with Gasteiger partial charge in [-0.2, -0.15) is 0 Å². The fraction of sp³-hybridized carbons (Fsp3) is 0.368. The molecule has 0 spiro atoms. The molecule has 3 nitrogen and oxygen atoms in total. The van der Waals surface area contributed by atoms with Gasteiger partial charge in [-0.25, -0.2) is 13.2 Å². The molecule has 2 aromatic rings. The van der Waals surface area contributed by atoms with Crippen LogP contribution in [0.4, 0.5) is 13.2 Å². The molecule has 7 heteroatoms. The summed E-state index contributed by atoms with van der Waals surface area (Å²) in [6.07, 6.45) is 1.97. The lowest BCUT2D eigenvalue weighted by Gasteiger charge is -2.39. The quantitative estimate of drug-likeness (QED) is 0.393. The van der Waals surface area contributed by atoms with Gasteiger partial charge in [0.1, 0.15) is 6.10 Å². The van der Waals surface area contributed by atoms with Gasteiger partial charge in [0.2, 0.25) is 0 Å². The first-order chi connectivity index (χ1) is 11.9. The standard InChI is InChI=1S/C19H22F3NO2Si/c1-19(2,3)26(4,5)25-18(12-6-8-23-9-7-12)17(24)13-10-14(20)16(22)15(21)11-13/h6-11,18H,1-5H3. The van der Waals surface area contributed by atoms with Crippen molar-refractivity contribution in [3.8, 4) is 0 Å². The van der Waals surface area contributed by atoms with E-state index >= 15 is 0 Å². The molecule has 0 radical (unpaired) electrons. The molecule has 0 amide bonds. The minimum Gasteiger partial charge on any atom is -0.403 e. The van der Waals surface area contributed by atoms with Crippen molar-refractivity contribution in [1.82, 2.24) is 4.98 Å². The molecular weight excluding hydrogens is 359 g/mol. The van der Waals surface area contributed by atoms with Crippen LogP contribution in [-0.4, -0.2) is 19.1 Å². The summed E-state index contributed by atoms with van der Waals surface area (Å²) in [7, 11) is -2.39. The Balaban J connectivity index is 2.49. The fourth-order valence-electron chi connectivity index (χ4n) is 2.13. The van der Waals surface area contributed by atoms with Crippen molar-refractivity contribution in [2.45, 2.75) is 45.0 Å². The minimum atomic E-state index is -2.39. The van der Waals surface area contributed by atoms with E-state index in [2.05, 4.69) is 4.98 Å². The van der Waals surface area contributed by atoms with Crippen LogP contribution in [0.2, 0.25) is 18.1 Å². The fourth-order valence-corrected chi connectivity index (χ4v) is 3.32. The molecule has 1 unspecified atom stereocenters. The average molecular weight is 381 g/mol. The lowest BCUT2D eigenvalue weighted by molar-refractivity contribution is 0.0765. The summed E-state index contributed by atoms with van der Waals surface area (Å²) in [5, 5.41) is -0.183. The van der Waals surface area contributed by atoms with E-state index in [1.165, 1.54) is 12.4 Å². The highest BCUT2D eigenvalue weighted by Crippen LogP contribution is 2.40. The Labute approximate surface area is 152 Å². The number of pyridine rings is 1. The third kappa shape index (κ3) is 4.21. The Bertz CT molecular complexity index is 781. The van der Waals surface area contributed by atoms with E-state index in [1.807, 2.05) is 33.9 Å². The number of carbonyl (C=O) groups is 1. The Morgan fingerprint density at radius 1 is 1.08 bits per heavy atom. The smallest absolute Gasteiger partial charge is 0.195 e. The van der Waals surface area contributed by atoms with E-state index in [9.17, 15) is 18.0 Å². The molecule has 0 N–H and O–H groups in total. The van der Waals surface area contributed by atoms with Crippen molar-refractivity contribution >= 4 is 14.1 Å². The number of halogens is 3. The number of nitrogens with zero attached hydrogens (tertiary/aromatic N) is 1. The van der Waals surface area contributed by atoms with E-state index < -0.39 is 37.7 Å². The summed E-state index contributed by atoms with van der Waals surface area (Å²) >= 11 is 0. The Morgan fingerprint density at radius 2 is 1.58 bits per heavy atom. The van der Waals surface area contributed by atoms with Gasteiger partial charge in [-0.15, -0.1) is 0 Å². The molecule has 0 fully saturated rings. The topological polar surface area (TPSA) is 39.2 Å². The second-order valence-corrected chi connectivity index (χ2v) is 12.4. The summed E-state index contributed by atoms with van der Waals surface area (Å²) in [5.74, 6) is -5.05. The third-order valence-electron chi connectivity index (χ3n) is 4.73. The minimum absolute atomic E-state index is 0.183. The number of benzene rings is 1. The van der Waals surface area contributed by atoms with E-state index in [0.29, 0.717) is 17.7 Å². The zero-order chi connectivity index (χ0) is 19.7. The number of ketones is 1. The van der Waals surface area contributed by atoms with Gasteiger partial charge in [-0.05, 0) is 48.0 Å². The summed E-state index contributed by atoms with van der Waals surface area (Å²) in [5.41, 5.74) is 0.252. The van der Waals surface area contributed by atoms with Crippen LogP contribution in [0.5, 0.6) is 0 Å². The Kier molecular flexibility index (Phi) is 5.72. The molecule has 0 saturated carbocycles. The van der Waals surface area contributed by atoms with Crippen LogP contribution in [0.3, 0.4) is 0 Å². The molecule has 0 saturated heterocycles. The molecule has 1 aromatic carbocycles. The van der Waals surface area contributed by atoms with E-state index in [4.69, 9.17) is 4.43 Å². The highest BCUT2D eigenvalue weighted by atomic mass is 28.4. The predicted molar refractivity (Wildman–Crippen MR) is 95.9 cm³/mol. The number of aromatic nitrogens is 1. The van der Waals surface area contributed by atoms with Crippen molar-refractivity contribution in [3.63, 3.8) is 0 Å². The van der Waals surface area contributed by atoms with Gasteiger partial charge < -0.3 is 4.43 Å². The van der Waals surface area contributed by atoms with Crippen LogP contribution in [0.15, 0.2) is 36.7 Å². The number of rotatable bonds is 5. The third-order valence-corrected chi connectivity index (χ3v) is 9.17. The maximum absolute atomic E-state index is 13.6. The van der Waals surface area contributed by atoms with Crippen LogP contribution in [0.25, 0.3) is 0 Å². The van der Waals surface area contributed by atoms with Crippen LogP contribution in [0.1, 0.15) is 42.8 Å². The zero-order valence-corrected chi connectivity index (χ0v) is 16.4. The molecule has 26 heavy (non-hydrogen) atoms. The number of carbonyl (C=O) groups excluding carboxylic acids is 1. The first-order valence-corrected chi connectivity index (χ1v) is 11.1. The van der Waals surface area contributed by atoms with E-state index in [1.54, 1.807) is 12.1 Å². The lowest BCUT2D eigenvalue weighted by atomic mass is 10.0. The van der Waals surface area contributed by atoms with Crippen molar-refractivity contribution in [2.75, 3.05) is 0 Å². The maximum atomic E-state index is 13.6. The Hall–Kier alpha value is -1.99. The SMILES string of the molecule is CC(C)(C)[Si](C)(C)OC(C(=O)c1cc(F)c(F)c(F)c1)c1ccncc1. The molecule has 0 aliphatic rings. The second kappa shape index (κ2) is 7.32. The highest BCUT2D eigenvalue weighted by molar-refractivity contribution is 6.74. The summed E-state index contributed by atoms with van der Waals surface area (Å²) in [6, 6.07) is 4.63. The molecule has 1 atom stereocenters. The maximum Gasteiger partial charge on any atom is 0.195 e. The van der Waals surface area contributed by atoms with Gasteiger partial charge >= 0.3 is 0 Å². The van der Waals surface area contributed by atoms with Crippen LogP contribution in [0, 0.1) is 17.5 Å². The van der Waals surface area contributed by atoms with Gasteiger partial charge in [-0.1, -0.05) is 20.8 Å². The average Bonchev–Trinajstić information content (AvgIpc) is 2.56. The van der Waals surface area contributed by atoms with Gasteiger partial charge in [0, 0.05) is 18.0 Å². The highest BCUT2D eigenvalue weighted by Gasteiger charge is 2.41. The predicted octanol–water partition coefficient (Wildman–Crippen LogP) is 5.44. The number of Topliss-reactive ketones (excluding diaryl/α,β-unsaturated/α-hetero) is 1. The van der Waals surface area contributed by atoms with Gasteiger partial charge in [0.25, 0.3) is 0 Å². The summed E-state index contributed by atoms with van der Waals surface area (Å²) in [4.78, 5) is 16.9. The first kappa shape index (κ1) is 20.3. The van der Waals surface area contributed by atoms with Crippen molar-refractivity contribution < 1.29 is 22.4 Å². The Morgan fingerprint density at radius 3 is 2.04 bits per heavy atom. The zero-order valence-electron chi connectivity index (χ0n) is 15.4. The molecule has 1 heterocycles. The lowest BCUT2D eigenvalue weighted by Crippen LogP contribution is -2.43. The molecule has 0 aliphatic carbocycles. The molecule has 1 aromatic heterocycles. The van der Waals surface area contributed by atoms with E-state index in [0.717, 1.165) is 0 Å². The molecule has 2 rings (SSSR count). The second-order valence-electron chi connectivity index (χ2n) is 7.66. The molecule has 0 bridgehead atoms. The summed E-state index contributed by atoms with van der Waals surface area (Å²) in [6.45, 7) is 10.0. The van der Waals surface area contributed by atoms with Crippen molar-refractivity contribution in [1.29, 1.82) is 0 Å². The van der Waals surface area contributed by atoms with Crippen LogP contribution >= 0.6 is 0 Å². The van der Waals surface area contributed by atoms with Gasteiger partial charge in [0.05, 0.1) is 0 Å². The largest absolute Gasteiger partial charge is 0.403 e. The molecular formula is C19H22F3NO2Si. The van der Waals surface area contributed by atoms with Crippen LogP contribution < -0.4 is 0 Å². The van der Waals surface area contributed by atoms with Crippen molar-refractivity contribution in [3.05, 3.63) is 65.2 Å². The van der Waals surface area contributed by atoms with E-state index in [-0.39, 0.29) is 10.6 Å². The molecule has 0 aliphatic heterocycles. The first-order valence-electron chi connectivity index (χ1n) is 8.20. The van der Waals surface area contributed by atoms with Gasteiger partial charge in [-0.3, -0.25) is 9.78 Å². The molecule has 140 valence electrons. The monoisotopic (exact) mass is 381 g/mol. The van der Waals surface area contributed by atoms with Gasteiger partial charge in [0.15, 0.2) is 31.6 Å². The van der Waals surface area contributed by atoms with Crippen molar-refractivity contribution in [2.24, 2.45) is 0 Å².